The van der Waals surface area contributed by atoms with Crippen LogP contribution in [0.5, 0.6) is 0 Å². The number of hydrogen-bond donors (Lipinski definition) is 1. The van der Waals surface area contributed by atoms with Gasteiger partial charge in [-0.05, 0) is 33.4 Å². The minimum atomic E-state index is 0.397. The summed E-state index contributed by atoms with van der Waals surface area (Å²) in [6.07, 6.45) is 3.17. The van der Waals surface area contributed by atoms with Crippen molar-refractivity contribution in [3.63, 3.8) is 0 Å². The van der Waals surface area contributed by atoms with E-state index in [1.807, 2.05) is 4.68 Å². The van der Waals surface area contributed by atoms with Crippen LogP contribution in [0.15, 0.2) is 12.3 Å². The molecule has 0 bridgehead atoms. The third-order valence-corrected chi connectivity index (χ3v) is 3.21. The van der Waals surface area contributed by atoms with Crippen LogP contribution in [0.25, 0.3) is 0 Å². The van der Waals surface area contributed by atoms with E-state index in [-0.39, 0.29) is 0 Å². The topological polar surface area (TPSA) is 47.1 Å². The maximum absolute atomic E-state index is 5.63. The Labute approximate surface area is 98.4 Å². The Morgan fingerprint density at radius 3 is 2.75 bits per heavy atom. The molecule has 0 fully saturated rings. The highest BCUT2D eigenvalue weighted by atomic mass is 15.3. The van der Waals surface area contributed by atoms with E-state index in [2.05, 4.69) is 50.1 Å². The van der Waals surface area contributed by atoms with Crippen LogP contribution in [-0.2, 0) is 6.54 Å². The molecule has 0 aromatic carbocycles. The van der Waals surface area contributed by atoms with Crippen LogP contribution in [-0.4, -0.2) is 34.3 Å². The van der Waals surface area contributed by atoms with Crippen molar-refractivity contribution >= 4 is 0 Å². The lowest BCUT2D eigenvalue weighted by molar-refractivity contribution is 0.250. The van der Waals surface area contributed by atoms with Gasteiger partial charge in [0.05, 0.1) is 5.69 Å². The van der Waals surface area contributed by atoms with Crippen molar-refractivity contribution < 1.29 is 0 Å². The lowest BCUT2D eigenvalue weighted by Gasteiger charge is -2.22. The summed E-state index contributed by atoms with van der Waals surface area (Å²) in [7, 11) is 2.08. The maximum Gasteiger partial charge on any atom is 0.0764 e. The van der Waals surface area contributed by atoms with E-state index >= 15 is 0 Å². The Morgan fingerprint density at radius 2 is 2.19 bits per heavy atom. The molecule has 2 atom stereocenters. The van der Waals surface area contributed by atoms with Gasteiger partial charge >= 0.3 is 0 Å². The zero-order chi connectivity index (χ0) is 12.1. The first-order valence-corrected chi connectivity index (χ1v) is 6.02. The fourth-order valence-electron chi connectivity index (χ4n) is 1.49. The van der Waals surface area contributed by atoms with Gasteiger partial charge < -0.3 is 5.73 Å². The predicted octanol–water partition coefficient (Wildman–Crippen LogP) is 1.63. The molecule has 1 rings (SSSR count). The molecule has 4 nitrogen and oxygen atoms in total. The predicted molar refractivity (Wildman–Crippen MR) is 67.2 cm³/mol. The molecular formula is C12H24N4. The second-order valence-corrected chi connectivity index (χ2v) is 4.54. The van der Waals surface area contributed by atoms with Gasteiger partial charge in [-0.3, -0.25) is 9.58 Å². The zero-order valence-corrected chi connectivity index (χ0v) is 10.8. The highest BCUT2D eigenvalue weighted by Crippen LogP contribution is 2.10. The van der Waals surface area contributed by atoms with Crippen molar-refractivity contribution in [2.45, 2.75) is 45.8 Å². The van der Waals surface area contributed by atoms with E-state index < -0.39 is 0 Å². The molecule has 0 saturated heterocycles. The van der Waals surface area contributed by atoms with Crippen LogP contribution in [0.1, 0.15) is 38.9 Å². The monoisotopic (exact) mass is 224 g/mol. The molecule has 0 aliphatic rings. The number of aromatic nitrogens is 2. The molecule has 2 N–H and O–H groups in total. The minimum Gasteiger partial charge on any atom is -0.329 e. The van der Waals surface area contributed by atoms with E-state index in [0.717, 1.165) is 18.7 Å². The molecule has 1 heterocycles. The molecule has 4 heteroatoms. The van der Waals surface area contributed by atoms with Crippen molar-refractivity contribution in [1.82, 2.24) is 14.7 Å². The maximum atomic E-state index is 5.63. The highest BCUT2D eigenvalue weighted by molar-refractivity contribution is 4.99. The average Bonchev–Trinajstić information content (AvgIpc) is 2.75. The van der Waals surface area contributed by atoms with E-state index in [0.29, 0.717) is 18.6 Å². The van der Waals surface area contributed by atoms with Gasteiger partial charge in [0, 0.05) is 31.4 Å². The first-order valence-electron chi connectivity index (χ1n) is 6.02. The molecule has 0 radical (unpaired) electrons. The molecule has 0 aliphatic heterocycles. The average molecular weight is 224 g/mol. The molecular weight excluding hydrogens is 200 g/mol. The molecule has 1 aromatic rings. The molecule has 1 aromatic heterocycles. The number of nitrogens with zero attached hydrogens (tertiary/aromatic N) is 3. The molecule has 92 valence electrons. The van der Waals surface area contributed by atoms with Gasteiger partial charge in [0.2, 0.25) is 0 Å². The summed E-state index contributed by atoms with van der Waals surface area (Å²) in [5.74, 6) is 0. The summed E-state index contributed by atoms with van der Waals surface area (Å²) in [4.78, 5) is 2.23. The van der Waals surface area contributed by atoms with Crippen LogP contribution >= 0.6 is 0 Å². The van der Waals surface area contributed by atoms with Crippen LogP contribution in [0.4, 0.5) is 0 Å². The Kier molecular flexibility index (Phi) is 4.96. The third kappa shape index (κ3) is 3.32. The smallest absolute Gasteiger partial charge is 0.0764 e. The molecule has 16 heavy (non-hydrogen) atoms. The molecule has 0 saturated carbocycles. The number of nitrogens with two attached hydrogens (primary N) is 1. The summed E-state index contributed by atoms with van der Waals surface area (Å²) in [6.45, 7) is 8.04. The van der Waals surface area contributed by atoms with Crippen LogP contribution in [0.2, 0.25) is 0 Å². The number of rotatable bonds is 6. The van der Waals surface area contributed by atoms with E-state index in [1.54, 1.807) is 0 Å². The van der Waals surface area contributed by atoms with Gasteiger partial charge in [-0.25, -0.2) is 0 Å². The van der Waals surface area contributed by atoms with Gasteiger partial charge in [-0.1, -0.05) is 6.92 Å². The van der Waals surface area contributed by atoms with Crippen molar-refractivity contribution in [2.24, 2.45) is 5.73 Å². The van der Waals surface area contributed by atoms with E-state index in [1.165, 1.54) is 0 Å². The summed E-state index contributed by atoms with van der Waals surface area (Å²) < 4.78 is 2.04. The fourth-order valence-corrected chi connectivity index (χ4v) is 1.49. The lowest BCUT2D eigenvalue weighted by atomic mass is 10.3. The third-order valence-electron chi connectivity index (χ3n) is 3.21. The van der Waals surface area contributed by atoms with E-state index in [9.17, 15) is 0 Å². The van der Waals surface area contributed by atoms with E-state index in [4.69, 9.17) is 5.73 Å². The highest BCUT2D eigenvalue weighted by Gasteiger charge is 2.10. The van der Waals surface area contributed by atoms with Crippen molar-refractivity contribution in [1.29, 1.82) is 0 Å². The molecule has 0 spiro atoms. The largest absolute Gasteiger partial charge is 0.329 e. The van der Waals surface area contributed by atoms with Crippen molar-refractivity contribution in [2.75, 3.05) is 13.6 Å². The number of hydrogen-bond acceptors (Lipinski definition) is 3. The molecule has 0 amide bonds. The quantitative estimate of drug-likeness (QED) is 0.799. The molecule has 2 unspecified atom stereocenters. The van der Waals surface area contributed by atoms with Gasteiger partial charge in [0.25, 0.3) is 0 Å². The molecule has 0 aliphatic carbocycles. The SMILES string of the molecule is CCC(C)n1ccc(CN(C)C(C)CN)n1. The van der Waals surface area contributed by atoms with Gasteiger partial charge in [-0.15, -0.1) is 0 Å². The fraction of sp³-hybridized carbons (Fsp3) is 0.750. The summed E-state index contributed by atoms with van der Waals surface area (Å²) in [5, 5.41) is 4.57. The first kappa shape index (κ1) is 13.2. The van der Waals surface area contributed by atoms with Gasteiger partial charge in [0.1, 0.15) is 0 Å². The summed E-state index contributed by atoms with van der Waals surface area (Å²) in [6, 6.07) is 2.96. The Balaban J connectivity index is 2.58. The second-order valence-electron chi connectivity index (χ2n) is 4.54. The Bertz CT molecular complexity index is 308. The van der Waals surface area contributed by atoms with Crippen LogP contribution in [0.3, 0.4) is 0 Å². The van der Waals surface area contributed by atoms with Crippen LogP contribution in [0, 0.1) is 0 Å². The van der Waals surface area contributed by atoms with Gasteiger partial charge in [-0.2, -0.15) is 5.10 Å². The van der Waals surface area contributed by atoms with Crippen molar-refractivity contribution in [3.8, 4) is 0 Å². The number of likely N-dealkylation sites (N-methyl/N-ethyl adjacent to an activating group) is 1. The summed E-state index contributed by atoms with van der Waals surface area (Å²) in [5.41, 5.74) is 6.75. The standard InChI is InChI=1S/C12H24N4/c1-5-10(2)16-7-6-12(14-16)9-15(4)11(3)8-13/h6-7,10-11H,5,8-9,13H2,1-4H3. The Morgan fingerprint density at radius 1 is 1.50 bits per heavy atom. The Hall–Kier alpha value is -0.870. The zero-order valence-electron chi connectivity index (χ0n) is 10.8. The second kappa shape index (κ2) is 6.01. The van der Waals surface area contributed by atoms with Crippen molar-refractivity contribution in [3.05, 3.63) is 18.0 Å². The van der Waals surface area contributed by atoms with Gasteiger partial charge in [0.15, 0.2) is 0 Å². The first-order chi connectivity index (χ1) is 7.58. The lowest BCUT2D eigenvalue weighted by Crippen LogP contribution is -2.34. The normalized spacial score (nSPS) is 15.4. The summed E-state index contributed by atoms with van der Waals surface area (Å²) >= 11 is 0. The minimum absolute atomic E-state index is 0.397. The van der Waals surface area contributed by atoms with Crippen LogP contribution < -0.4 is 5.73 Å².